The summed E-state index contributed by atoms with van der Waals surface area (Å²) in [5, 5.41) is -0.161. The second-order valence-corrected chi connectivity index (χ2v) is 7.67. The molecule has 5 nitrogen and oxygen atoms in total. The highest BCUT2D eigenvalue weighted by Gasteiger charge is 2.15. The van der Waals surface area contributed by atoms with Crippen molar-refractivity contribution in [2.45, 2.75) is 11.8 Å². The predicted octanol–water partition coefficient (Wildman–Crippen LogP) is 3.09. The average molecular weight is 367 g/mol. The minimum Gasteiger partial charge on any atom is -0.293 e. The van der Waals surface area contributed by atoms with E-state index in [4.69, 9.17) is 0 Å². The Morgan fingerprint density at radius 1 is 1.04 bits per heavy atom. The Labute approximate surface area is 143 Å². The number of Topliss-reactive ketones (excluding diaryl/α,β-unsaturated/α-hetero) is 1. The molecule has 0 aliphatic carbocycles. The number of carbonyl (C=O) groups is 2. The molecule has 0 atom stereocenters. The van der Waals surface area contributed by atoms with Gasteiger partial charge in [0.15, 0.2) is 10.9 Å². The summed E-state index contributed by atoms with van der Waals surface area (Å²) in [7, 11) is -3.84. The highest BCUT2D eigenvalue weighted by molar-refractivity contribution is 8.14. The van der Waals surface area contributed by atoms with E-state index in [0.29, 0.717) is 5.56 Å². The maximum absolute atomic E-state index is 12.8. The molecule has 8 heteroatoms. The van der Waals surface area contributed by atoms with Gasteiger partial charge in [-0.15, -0.1) is 0 Å². The Balaban J connectivity index is 2.12. The van der Waals surface area contributed by atoms with Crippen molar-refractivity contribution < 1.29 is 22.4 Å². The van der Waals surface area contributed by atoms with E-state index in [2.05, 4.69) is 4.72 Å². The average Bonchev–Trinajstić information content (AvgIpc) is 2.54. The maximum Gasteiger partial charge on any atom is 0.261 e. The molecule has 0 aliphatic heterocycles. The molecule has 0 spiro atoms. The van der Waals surface area contributed by atoms with E-state index in [1.807, 2.05) is 0 Å². The Bertz CT molecular complexity index is 847. The van der Waals surface area contributed by atoms with Gasteiger partial charge in [0.25, 0.3) is 10.0 Å². The van der Waals surface area contributed by atoms with Crippen LogP contribution in [0.5, 0.6) is 0 Å². The number of carbonyl (C=O) groups excluding carboxylic acids is 2. The van der Waals surface area contributed by atoms with Crippen LogP contribution in [-0.2, 0) is 14.8 Å². The number of hydrogen-bond acceptors (Lipinski definition) is 5. The summed E-state index contributed by atoms with van der Waals surface area (Å²) >= 11 is 0.897. The molecule has 0 radical (unpaired) electrons. The summed E-state index contributed by atoms with van der Waals surface area (Å²) < 4.78 is 39.7. The number of nitrogens with one attached hydrogen (secondary N) is 1. The Morgan fingerprint density at radius 2 is 1.62 bits per heavy atom. The van der Waals surface area contributed by atoms with Crippen molar-refractivity contribution in [3.63, 3.8) is 0 Å². The Hall–Kier alpha value is -2.19. The van der Waals surface area contributed by atoms with Gasteiger partial charge in [0, 0.05) is 18.2 Å². The predicted molar refractivity (Wildman–Crippen MR) is 91.1 cm³/mol. The van der Waals surface area contributed by atoms with Gasteiger partial charge >= 0.3 is 0 Å². The molecule has 24 heavy (non-hydrogen) atoms. The van der Waals surface area contributed by atoms with Crippen LogP contribution in [0.25, 0.3) is 0 Å². The molecule has 0 saturated carbocycles. The molecule has 0 aliphatic rings. The van der Waals surface area contributed by atoms with E-state index in [0.717, 1.165) is 23.9 Å². The monoisotopic (exact) mass is 367 g/mol. The van der Waals surface area contributed by atoms with Crippen molar-refractivity contribution in [1.29, 1.82) is 0 Å². The number of sulfonamides is 1. The maximum atomic E-state index is 12.8. The van der Waals surface area contributed by atoms with Crippen molar-refractivity contribution in [3.05, 3.63) is 59.9 Å². The first-order valence-electron chi connectivity index (χ1n) is 6.83. The third kappa shape index (κ3) is 4.90. The first-order valence-corrected chi connectivity index (χ1v) is 9.30. The quantitative estimate of drug-likeness (QED) is 0.794. The van der Waals surface area contributed by atoms with Crippen LogP contribution in [0.4, 0.5) is 10.1 Å². The standard InChI is InChI=1S/C16H14FNO4S2/c1-11(19)23-10-16(20)12-2-8-15(9-3-12)24(21,22)18-14-6-4-13(17)5-7-14/h2-9,18H,10H2,1H3. The van der Waals surface area contributed by atoms with Crippen molar-refractivity contribution >= 4 is 38.4 Å². The lowest BCUT2D eigenvalue weighted by Gasteiger charge is -2.08. The van der Waals surface area contributed by atoms with Crippen LogP contribution < -0.4 is 4.72 Å². The molecule has 126 valence electrons. The molecule has 2 aromatic rings. The van der Waals surface area contributed by atoms with Crippen LogP contribution in [-0.4, -0.2) is 25.1 Å². The van der Waals surface area contributed by atoms with Crippen LogP contribution in [0.3, 0.4) is 0 Å². The molecular weight excluding hydrogens is 353 g/mol. The summed E-state index contributed by atoms with van der Waals surface area (Å²) in [5.74, 6) is -0.718. The molecule has 2 aromatic carbocycles. The SMILES string of the molecule is CC(=O)SCC(=O)c1ccc(S(=O)(=O)Nc2ccc(F)cc2)cc1. The second kappa shape index (κ2) is 7.59. The Morgan fingerprint density at radius 3 is 2.17 bits per heavy atom. The van der Waals surface area contributed by atoms with Gasteiger partial charge in [-0.05, 0) is 36.4 Å². The fraction of sp³-hybridized carbons (Fsp3) is 0.125. The molecule has 1 N–H and O–H groups in total. The normalized spacial score (nSPS) is 11.1. The van der Waals surface area contributed by atoms with Gasteiger partial charge < -0.3 is 0 Å². The minimum absolute atomic E-state index is 0.00919. The number of anilines is 1. The summed E-state index contributed by atoms with van der Waals surface area (Å²) in [4.78, 5) is 22.7. The molecule has 0 bridgehead atoms. The smallest absolute Gasteiger partial charge is 0.261 e. The topological polar surface area (TPSA) is 80.3 Å². The second-order valence-electron chi connectivity index (χ2n) is 4.84. The lowest BCUT2D eigenvalue weighted by molar-refractivity contribution is -0.109. The first-order chi connectivity index (χ1) is 11.3. The highest BCUT2D eigenvalue weighted by atomic mass is 32.2. The van der Waals surface area contributed by atoms with Gasteiger partial charge in [-0.1, -0.05) is 23.9 Å². The van der Waals surface area contributed by atoms with Gasteiger partial charge in [0.1, 0.15) is 5.82 Å². The molecule has 2 rings (SSSR count). The number of rotatable bonds is 6. The van der Waals surface area contributed by atoms with Gasteiger partial charge in [-0.2, -0.15) is 0 Å². The number of benzene rings is 2. The fourth-order valence-corrected chi connectivity index (χ4v) is 3.36. The van der Waals surface area contributed by atoms with E-state index in [9.17, 15) is 22.4 Å². The van der Waals surface area contributed by atoms with Gasteiger partial charge in [0.2, 0.25) is 0 Å². The molecule has 0 fully saturated rings. The van der Waals surface area contributed by atoms with Crippen molar-refractivity contribution in [2.24, 2.45) is 0 Å². The first kappa shape index (κ1) is 18.2. The van der Waals surface area contributed by atoms with Gasteiger partial charge in [-0.25, -0.2) is 12.8 Å². The Kier molecular flexibility index (Phi) is 5.74. The summed E-state index contributed by atoms with van der Waals surface area (Å²) in [6.07, 6.45) is 0. The summed E-state index contributed by atoms with van der Waals surface area (Å²) in [5.41, 5.74) is 0.555. The molecular formula is C16H14FNO4S2. The molecule has 0 aromatic heterocycles. The van der Waals surface area contributed by atoms with Crippen LogP contribution in [0.2, 0.25) is 0 Å². The molecule has 0 unspecified atom stereocenters. The number of halogens is 1. The van der Waals surface area contributed by atoms with E-state index < -0.39 is 15.8 Å². The third-order valence-corrected chi connectivity index (χ3v) is 5.20. The molecule has 0 saturated heterocycles. The number of hydrogen-bond donors (Lipinski definition) is 1. The molecule has 0 heterocycles. The minimum atomic E-state index is -3.84. The van der Waals surface area contributed by atoms with Crippen LogP contribution in [0.1, 0.15) is 17.3 Å². The van der Waals surface area contributed by atoms with E-state index in [-0.39, 0.29) is 27.2 Å². The van der Waals surface area contributed by atoms with Crippen molar-refractivity contribution in [2.75, 3.05) is 10.5 Å². The number of thioether (sulfide) groups is 1. The van der Waals surface area contributed by atoms with Crippen molar-refractivity contribution in [3.8, 4) is 0 Å². The molecule has 0 amide bonds. The zero-order chi connectivity index (χ0) is 17.7. The fourth-order valence-electron chi connectivity index (χ4n) is 1.80. The van der Waals surface area contributed by atoms with Crippen LogP contribution in [0.15, 0.2) is 53.4 Å². The van der Waals surface area contributed by atoms with E-state index in [1.165, 1.54) is 43.3 Å². The van der Waals surface area contributed by atoms with E-state index in [1.54, 1.807) is 0 Å². The van der Waals surface area contributed by atoms with E-state index >= 15 is 0 Å². The van der Waals surface area contributed by atoms with Gasteiger partial charge in [-0.3, -0.25) is 14.3 Å². The van der Waals surface area contributed by atoms with Crippen LogP contribution >= 0.6 is 11.8 Å². The zero-order valence-electron chi connectivity index (χ0n) is 12.7. The van der Waals surface area contributed by atoms with Crippen molar-refractivity contribution in [1.82, 2.24) is 0 Å². The third-order valence-electron chi connectivity index (χ3n) is 2.99. The number of ketones is 1. The lowest BCUT2D eigenvalue weighted by atomic mass is 10.1. The largest absolute Gasteiger partial charge is 0.293 e. The van der Waals surface area contributed by atoms with Crippen LogP contribution in [0, 0.1) is 5.82 Å². The lowest BCUT2D eigenvalue weighted by Crippen LogP contribution is -2.13. The van der Waals surface area contributed by atoms with Gasteiger partial charge in [0.05, 0.1) is 10.6 Å². The summed E-state index contributed by atoms with van der Waals surface area (Å²) in [6.45, 7) is 1.37. The zero-order valence-corrected chi connectivity index (χ0v) is 14.3. The summed E-state index contributed by atoms with van der Waals surface area (Å²) in [6, 6.07) is 10.3. The highest BCUT2D eigenvalue weighted by Crippen LogP contribution is 2.18.